The molecule has 34 heteroatoms. The van der Waals surface area contributed by atoms with Crippen molar-refractivity contribution in [3.63, 3.8) is 0 Å². The average molecular weight is 1790 g/mol. The Kier molecular flexibility index (Phi) is 27.3. The Morgan fingerprint density at radius 3 is 1.53 bits per heavy atom. The molecule has 7 fully saturated rings. The smallest absolute Gasteiger partial charge is 0.456 e. The predicted octanol–water partition coefficient (Wildman–Crippen LogP) is 8.74. The molecule has 686 valence electrons. The van der Waals surface area contributed by atoms with E-state index in [4.69, 9.17) is 66.3 Å². The molecule has 4 aromatic rings. The van der Waals surface area contributed by atoms with Crippen LogP contribution in [0.15, 0.2) is 144 Å². The number of carbonyl (C=O) groups is 13. The summed E-state index contributed by atoms with van der Waals surface area (Å²) in [5.74, 6) is -13.0. The number of hydrogen-bond acceptors (Lipinski definition) is 32. The van der Waals surface area contributed by atoms with Gasteiger partial charge in [0.1, 0.15) is 35.6 Å². The van der Waals surface area contributed by atoms with Gasteiger partial charge >= 0.3 is 60.0 Å². The van der Waals surface area contributed by atoms with Gasteiger partial charge in [0.05, 0.1) is 77.2 Å². The zero-order valence-corrected chi connectivity index (χ0v) is 74.9. The largest absolute Gasteiger partial charge is 0.509 e. The minimum absolute atomic E-state index is 0.0261. The number of ketones is 2. The first-order valence-electron chi connectivity index (χ1n) is 42.1. The number of Topliss-reactive ketones (excluding diaryl/α,β-unsaturated/α-hetero) is 2. The zero-order chi connectivity index (χ0) is 93.1. The molecule has 4 bridgehead atoms. The fourth-order valence-electron chi connectivity index (χ4n) is 20.9. The molecule has 0 aromatic heterocycles. The molecule has 3 heterocycles. The lowest BCUT2D eigenvalue weighted by molar-refractivity contribution is -0.347. The first kappa shape index (κ1) is 95.6. The molecule has 3 aliphatic heterocycles. The van der Waals surface area contributed by atoms with Crippen LogP contribution in [-0.2, 0) is 105 Å². The van der Waals surface area contributed by atoms with Crippen LogP contribution in [-0.4, -0.2) is 237 Å². The van der Waals surface area contributed by atoms with Crippen LogP contribution in [0.25, 0.3) is 0 Å². The number of alkyl carbamates (subject to hydrolysis) is 1. The van der Waals surface area contributed by atoms with Gasteiger partial charge in [-0.25, -0.2) is 28.8 Å². The van der Waals surface area contributed by atoms with Gasteiger partial charge in [-0.1, -0.05) is 126 Å². The highest BCUT2D eigenvalue weighted by Crippen LogP contribution is 2.69. The Bertz CT molecular complexity index is 4990. The highest BCUT2D eigenvalue weighted by molar-refractivity contribution is 7.98. The summed E-state index contributed by atoms with van der Waals surface area (Å²) in [7, 11) is 0. The van der Waals surface area contributed by atoms with Gasteiger partial charge in [-0.05, 0) is 131 Å². The van der Waals surface area contributed by atoms with Crippen LogP contribution in [0.3, 0.4) is 0 Å². The van der Waals surface area contributed by atoms with Crippen molar-refractivity contribution in [3.05, 3.63) is 166 Å². The van der Waals surface area contributed by atoms with Crippen molar-refractivity contribution < 1.29 is 149 Å². The number of benzene rings is 4. The van der Waals surface area contributed by atoms with E-state index in [2.05, 4.69) is 10.6 Å². The maximum atomic E-state index is 15.9. The van der Waals surface area contributed by atoms with Gasteiger partial charge in [-0.2, -0.15) is 0 Å². The standard InChI is InChI=1S/C49H55NO14S.C44H57NO17/c1-27-33(62-45(57)38(53)37(30-17-11-8-12-18-30)50-43(55)31-19-13-9-14-20-31)24-49(58)42(63-44(56)32-21-15-10-16-22-32)40-47(6,41(54)39(61-28(2)51)36(27)46(49,4)5)34(60-26-65-7)23-35-48(40,25-59-35)64-29(3)52;1-20(2)17-25(45-38(53)61-40(6,7)8)29(49)37(52)57-30-21(3)28-31(56-22(4)46)33(50)42(11)26(48)18-27-43(19-55-27,60-23(5)47)32(42)35(58-36(51)24-15-13-12-14-16-24)44(41(28,9)10)34(30)59-39(54)62-44/h8-22,33-35,37-40,42,53,58H,23-26H2,1-7H3,(H,50,55);12-16,20,25-27,29-32,34-35,48-49H,17-19H2,1-11H3,(H,45,53)/t33-,34-,35+,37-,38+,39+,40-,42-,47+,48-,49+;25-,26-,27+,29+,30+,31+,32-,34-,35-,42+,43-,44+/m00/s1. The fourth-order valence-corrected chi connectivity index (χ4v) is 21.2. The Hall–Kier alpha value is -10.5. The predicted molar refractivity (Wildman–Crippen MR) is 447 cm³/mol. The summed E-state index contributed by atoms with van der Waals surface area (Å²) in [6, 6.07) is 29.7. The molecule has 2 amide bonds. The normalized spacial score (nSPS) is 32.5. The molecule has 4 aromatic carbocycles. The van der Waals surface area contributed by atoms with Crippen LogP contribution in [0.5, 0.6) is 0 Å². The van der Waals surface area contributed by atoms with Crippen LogP contribution >= 0.6 is 11.8 Å². The number of fused-ring (bicyclic) bond motifs is 9. The number of aliphatic hydroxyl groups excluding tert-OH is 3. The summed E-state index contributed by atoms with van der Waals surface area (Å²) in [5.41, 5.74) is -15.5. The van der Waals surface area contributed by atoms with Gasteiger partial charge in [0, 0.05) is 63.4 Å². The topological polar surface area (TPSA) is 456 Å². The van der Waals surface area contributed by atoms with Crippen molar-refractivity contribution in [2.24, 2.45) is 39.4 Å². The molecule has 33 nitrogen and oxygen atoms in total. The highest BCUT2D eigenvalue weighted by atomic mass is 32.2. The third-order valence-corrected chi connectivity index (χ3v) is 27.1. The monoisotopic (exact) mass is 1780 g/mol. The van der Waals surface area contributed by atoms with Crippen LogP contribution in [0, 0.1) is 39.4 Å². The van der Waals surface area contributed by atoms with E-state index in [-0.39, 0.29) is 83.3 Å². The molecule has 6 N–H and O–H groups in total. The SMILES string of the molecule is CC(=O)O[C@H]1C(=O)[C@@]2(C)[C@H]([C@H](OC(=O)c3ccccc3)[C@]34OC(=O)O[C@H]3[C@H](OC(=O)[C@H](O)[C@H](CC(C)C)NC(=O)OC(C)(C)C)C(C)=C1C4(C)C)[C@]1(OC(C)=O)CO[C@@H]1C[C@@H]2O.CSCO[C@H]1C[C@H]2OC[C@@]2(OC(C)=O)[C@H]2[C@H](OC(=O)c3ccccc3)[C@]3(O)C[C@H](OC(=O)[C@H](O)[C@@H](NC(=O)c4ccccc4)c4ccccc4)C(C)=C([C@@H](OC(C)=O)C(=O)[C@]12C)C3(C)C. The van der Waals surface area contributed by atoms with Crippen molar-refractivity contribution in [2.75, 3.05) is 25.4 Å². The quantitative estimate of drug-likeness (QED) is 0.0175. The number of aliphatic hydroxyl groups is 4. The second-order valence-corrected chi connectivity index (χ2v) is 37.7. The van der Waals surface area contributed by atoms with E-state index in [1.54, 1.807) is 179 Å². The lowest BCUT2D eigenvalue weighted by Crippen LogP contribution is -2.83. The molecule has 23 atom stereocenters. The summed E-state index contributed by atoms with van der Waals surface area (Å²) >= 11 is 1.34. The molecule has 13 rings (SSSR count). The Morgan fingerprint density at radius 1 is 0.575 bits per heavy atom. The van der Waals surface area contributed by atoms with Gasteiger partial charge in [0.15, 0.2) is 65.5 Å². The third-order valence-electron chi connectivity index (χ3n) is 26.8. The van der Waals surface area contributed by atoms with Gasteiger partial charge in [0.2, 0.25) is 5.60 Å². The third kappa shape index (κ3) is 17.2. The number of carbonyl (C=O) groups excluding carboxylic acids is 13. The Morgan fingerprint density at radius 2 is 1.05 bits per heavy atom. The minimum atomic E-state index is -2.36. The van der Waals surface area contributed by atoms with Crippen LogP contribution in [0.2, 0.25) is 0 Å². The van der Waals surface area contributed by atoms with E-state index >= 15 is 9.59 Å². The highest BCUT2D eigenvalue weighted by Gasteiger charge is 2.84. The van der Waals surface area contributed by atoms with Crippen LogP contribution in [0.4, 0.5) is 9.59 Å². The molecule has 0 unspecified atom stereocenters. The Balaban J connectivity index is 0.000000231. The van der Waals surface area contributed by atoms with E-state index < -0.39 is 237 Å². The number of nitrogens with one attached hydrogen (secondary N) is 2. The van der Waals surface area contributed by atoms with Crippen molar-refractivity contribution >= 4 is 89.2 Å². The molecular formula is C93H112N2O31S. The average Bonchev–Trinajstić information content (AvgIpc) is 1.65. The van der Waals surface area contributed by atoms with Crippen molar-refractivity contribution in [3.8, 4) is 0 Å². The second kappa shape index (κ2) is 36.2. The summed E-state index contributed by atoms with van der Waals surface area (Å²) in [5, 5.41) is 54.8. The van der Waals surface area contributed by atoms with Gasteiger partial charge in [-0.15, -0.1) is 11.8 Å². The second-order valence-electron chi connectivity index (χ2n) is 36.9. The maximum absolute atomic E-state index is 15.9. The summed E-state index contributed by atoms with van der Waals surface area (Å²) < 4.78 is 85.6. The van der Waals surface area contributed by atoms with Gasteiger partial charge < -0.3 is 97.4 Å². The molecular weight excluding hydrogens is 1670 g/mol. The fraction of sp³-hybridized carbons (Fsp3) is 0.559. The lowest BCUT2D eigenvalue weighted by Gasteiger charge is -2.67. The molecule has 127 heavy (non-hydrogen) atoms. The molecule has 0 radical (unpaired) electrons. The lowest BCUT2D eigenvalue weighted by atomic mass is 9.44. The first-order chi connectivity index (χ1) is 59.5. The molecule has 9 aliphatic rings. The van der Waals surface area contributed by atoms with Crippen molar-refractivity contribution in [1.82, 2.24) is 10.6 Å². The summed E-state index contributed by atoms with van der Waals surface area (Å²) in [6.45, 7) is 24.7. The van der Waals surface area contributed by atoms with Crippen molar-refractivity contribution in [1.29, 1.82) is 0 Å². The van der Waals surface area contributed by atoms with E-state index in [0.717, 1.165) is 20.8 Å². The van der Waals surface area contributed by atoms with Gasteiger partial charge in [-0.3, -0.25) is 33.6 Å². The summed E-state index contributed by atoms with van der Waals surface area (Å²) in [6.07, 6.45) is -22.0. The number of amides is 2. The number of hydrogen-bond donors (Lipinski definition) is 6. The van der Waals surface area contributed by atoms with E-state index in [1.165, 1.54) is 56.8 Å². The zero-order valence-electron chi connectivity index (χ0n) is 74.1. The molecule has 1 spiro atoms. The van der Waals surface area contributed by atoms with Crippen molar-refractivity contribution in [2.45, 2.75) is 263 Å². The van der Waals surface area contributed by atoms with Crippen LogP contribution < -0.4 is 10.6 Å². The number of ether oxygens (including phenoxy) is 14. The van der Waals surface area contributed by atoms with E-state index in [0.29, 0.717) is 5.56 Å². The number of esters is 8. The summed E-state index contributed by atoms with van der Waals surface area (Å²) in [4.78, 5) is 182. The van der Waals surface area contributed by atoms with Gasteiger partial charge in [0.25, 0.3) is 5.91 Å². The maximum Gasteiger partial charge on any atom is 0.509 e. The number of thioether (sulfide) groups is 1. The van der Waals surface area contributed by atoms with E-state index in [9.17, 15) is 73.2 Å². The molecule has 4 saturated carbocycles. The number of rotatable bonds is 23. The van der Waals surface area contributed by atoms with E-state index in [1.807, 2.05) is 0 Å². The Labute approximate surface area is 738 Å². The van der Waals surface area contributed by atoms with Crippen LogP contribution in [0.1, 0.15) is 186 Å². The minimum Gasteiger partial charge on any atom is -0.456 e. The molecule has 3 saturated heterocycles. The molecule has 6 aliphatic carbocycles. The first-order valence-corrected chi connectivity index (χ1v) is 43.5.